The Balaban J connectivity index is 1.41. The second-order valence-electron chi connectivity index (χ2n) is 6.55. The number of para-hydroxylation sites is 1. The van der Waals surface area contributed by atoms with Crippen molar-refractivity contribution >= 4 is 17.2 Å². The largest absolute Gasteiger partial charge is 0.496 e. The van der Waals surface area contributed by atoms with Crippen molar-refractivity contribution in [2.24, 2.45) is 0 Å². The van der Waals surface area contributed by atoms with E-state index < -0.39 is 0 Å². The van der Waals surface area contributed by atoms with E-state index in [0.29, 0.717) is 39.9 Å². The van der Waals surface area contributed by atoms with Gasteiger partial charge in [0, 0.05) is 17.8 Å². The van der Waals surface area contributed by atoms with Crippen LogP contribution in [-0.4, -0.2) is 22.6 Å². The predicted octanol–water partition coefficient (Wildman–Crippen LogP) is 3.44. The van der Waals surface area contributed by atoms with Crippen molar-refractivity contribution in [1.82, 2.24) is 9.56 Å². The molecule has 0 saturated carbocycles. The molecule has 0 bridgehead atoms. The van der Waals surface area contributed by atoms with Crippen molar-refractivity contribution in [3.05, 3.63) is 88.0 Å². The number of amides is 1. The van der Waals surface area contributed by atoms with E-state index in [1.807, 2.05) is 0 Å². The number of nitrogens with one attached hydrogen (secondary N) is 1. The molecule has 2 aromatic carbocycles. The van der Waals surface area contributed by atoms with E-state index in [2.05, 4.69) is 10.3 Å². The summed E-state index contributed by atoms with van der Waals surface area (Å²) in [6.45, 7) is 1.88. The summed E-state index contributed by atoms with van der Waals surface area (Å²) in [6, 6.07) is 17.0. The summed E-state index contributed by atoms with van der Waals surface area (Å²) in [4.78, 5) is 28.9. The van der Waals surface area contributed by atoms with Gasteiger partial charge in [0.1, 0.15) is 23.9 Å². The Bertz CT molecular complexity index is 1260. The first kappa shape index (κ1) is 19.3. The van der Waals surface area contributed by atoms with Gasteiger partial charge in [0.2, 0.25) is 0 Å². The van der Waals surface area contributed by atoms with Crippen LogP contribution in [0.2, 0.25) is 0 Å². The molecule has 0 unspecified atom stereocenters. The van der Waals surface area contributed by atoms with Crippen LogP contribution in [0.4, 0.5) is 5.69 Å². The number of nitrogens with zero attached hydrogens (tertiary/aromatic N) is 2. The van der Waals surface area contributed by atoms with Crippen molar-refractivity contribution in [2.45, 2.75) is 13.5 Å². The zero-order chi connectivity index (χ0) is 21.1. The highest BCUT2D eigenvalue weighted by Gasteiger charge is 2.12. The second-order valence-corrected chi connectivity index (χ2v) is 6.55. The highest BCUT2D eigenvalue weighted by Crippen LogP contribution is 2.21. The van der Waals surface area contributed by atoms with Gasteiger partial charge in [0.25, 0.3) is 11.5 Å². The van der Waals surface area contributed by atoms with E-state index in [0.717, 1.165) is 4.57 Å². The van der Waals surface area contributed by atoms with E-state index in [4.69, 9.17) is 14.0 Å². The maximum absolute atomic E-state index is 12.5. The van der Waals surface area contributed by atoms with Crippen LogP contribution in [0, 0.1) is 6.92 Å². The minimum absolute atomic E-state index is 0.128. The van der Waals surface area contributed by atoms with Crippen LogP contribution in [0.3, 0.4) is 0 Å². The predicted molar refractivity (Wildman–Crippen MR) is 110 cm³/mol. The fraction of sp³-hybridized carbons (Fsp3) is 0.136. The van der Waals surface area contributed by atoms with Gasteiger partial charge in [-0.3, -0.25) is 9.59 Å². The molecule has 2 aromatic heterocycles. The average Bonchev–Trinajstić information content (AvgIpc) is 3.14. The molecule has 4 aromatic rings. The lowest BCUT2D eigenvalue weighted by Gasteiger charge is -2.10. The molecule has 2 heterocycles. The monoisotopic (exact) mass is 405 g/mol. The molecule has 4 rings (SSSR count). The summed E-state index contributed by atoms with van der Waals surface area (Å²) in [5.74, 6) is 1.41. The zero-order valence-corrected chi connectivity index (χ0v) is 16.4. The molecule has 8 nitrogen and oxygen atoms in total. The van der Waals surface area contributed by atoms with Gasteiger partial charge < -0.3 is 19.3 Å². The van der Waals surface area contributed by atoms with Gasteiger partial charge >= 0.3 is 0 Å². The highest BCUT2D eigenvalue weighted by molar-refractivity contribution is 6.06. The molecule has 0 aliphatic carbocycles. The third-order valence-corrected chi connectivity index (χ3v) is 4.37. The number of rotatable bonds is 6. The summed E-state index contributed by atoms with van der Waals surface area (Å²) < 4.78 is 17.3. The molecular weight excluding hydrogens is 386 g/mol. The van der Waals surface area contributed by atoms with Gasteiger partial charge in [-0.15, -0.1) is 4.57 Å². The number of carbonyl (C=O) groups is 1. The molecule has 0 saturated heterocycles. The summed E-state index contributed by atoms with van der Waals surface area (Å²) in [5.41, 5.74) is 1.69. The van der Waals surface area contributed by atoms with E-state index in [1.54, 1.807) is 61.5 Å². The Morgan fingerprint density at radius 3 is 2.67 bits per heavy atom. The van der Waals surface area contributed by atoms with E-state index in [1.165, 1.54) is 13.2 Å². The minimum Gasteiger partial charge on any atom is -0.496 e. The molecule has 0 atom stereocenters. The molecule has 0 aliphatic rings. The number of aryl methyl sites for hydroxylation is 1. The highest BCUT2D eigenvalue weighted by atomic mass is 16.5. The fourth-order valence-electron chi connectivity index (χ4n) is 2.97. The average molecular weight is 405 g/mol. The number of anilines is 1. The molecule has 0 spiro atoms. The summed E-state index contributed by atoms with van der Waals surface area (Å²) >= 11 is 0. The molecular formula is C22H19N3O5. The van der Waals surface area contributed by atoms with E-state index in [9.17, 15) is 9.59 Å². The summed E-state index contributed by atoms with van der Waals surface area (Å²) in [5, 5.41) is 2.82. The minimum atomic E-state index is -0.305. The maximum atomic E-state index is 12.5. The van der Waals surface area contributed by atoms with Gasteiger partial charge in [-0.05, 0) is 43.3 Å². The zero-order valence-electron chi connectivity index (χ0n) is 16.4. The fourth-order valence-corrected chi connectivity index (χ4v) is 2.97. The number of aromatic nitrogens is 2. The molecule has 1 N–H and O–H groups in total. The quantitative estimate of drug-likeness (QED) is 0.528. The van der Waals surface area contributed by atoms with Crippen LogP contribution in [0.5, 0.6) is 11.5 Å². The van der Waals surface area contributed by atoms with E-state index in [-0.39, 0.29) is 18.1 Å². The van der Waals surface area contributed by atoms with Crippen molar-refractivity contribution in [3.63, 3.8) is 0 Å². The smallest absolute Gasteiger partial charge is 0.287 e. The molecule has 0 radical (unpaired) electrons. The van der Waals surface area contributed by atoms with Gasteiger partial charge in [-0.2, -0.15) is 0 Å². The van der Waals surface area contributed by atoms with Crippen molar-refractivity contribution in [1.29, 1.82) is 0 Å². The lowest BCUT2D eigenvalue weighted by Crippen LogP contribution is -2.14. The molecule has 152 valence electrons. The normalized spacial score (nSPS) is 10.7. The Morgan fingerprint density at radius 2 is 1.90 bits per heavy atom. The molecule has 1 amide bonds. The first-order valence-corrected chi connectivity index (χ1v) is 9.20. The maximum Gasteiger partial charge on any atom is 0.287 e. The second kappa shape index (κ2) is 8.12. The number of methoxy groups -OCH3 is 1. The van der Waals surface area contributed by atoms with Crippen LogP contribution in [0.1, 0.15) is 21.8 Å². The van der Waals surface area contributed by atoms with Gasteiger partial charge in [-0.25, -0.2) is 4.98 Å². The number of hydrogen-bond donors (Lipinski definition) is 1. The van der Waals surface area contributed by atoms with Crippen LogP contribution < -0.4 is 20.3 Å². The number of hydrogen-bond acceptors (Lipinski definition) is 6. The van der Waals surface area contributed by atoms with Crippen molar-refractivity contribution in [3.8, 4) is 11.5 Å². The Labute approximate surface area is 171 Å². The Kier molecular flexibility index (Phi) is 5.21. The first-order valence-electron chi connectivity index (χ1n) is 9.20. The molecule has 30 heavy (non-hydrogen) atoms. The summed E-state index contributed by atoms with van der Waals surface area (Å²) in [6.07, 6.45) is 0. The lowest BCUT2D eigenvalue weighted by atomic mass is 10.2. The van der Waals surface area contributed by atoms with Gasteiger partial charge in [-0.1, -0.05) is 12.1 Å². The lowest BCUT2D eigenvalue weighted by molar-refractivity contribution is 0.102. The van der Waals surface area contributed by atoms with Crippen LogP contribution in [0.15, 0.2) is 70.0 Å². The van der Waals surface area contributed by atoms with Crippen molar-refractivity contribution in [2.75, 3.05) is 12.4 Å². The SMILES string of the molecule is COc1ccccc1C(=O)Nc1ccc(OCc2cc(=O)n3oc(C)cc3n2)cc1. The van der Waals surface area contributed by atoms with Crippen molar-refractivity contribution < 1.29 is 18.8 Å². The van der Waals surface area contributed by atoms with Gasteiger partial charge in [0.15, 0.2) is 5.65 Å². The summed E-state index contributed by atoms with van der Waals surface area (Å²) in [7, 11) is 1.52. The third-order valence-electron chi connectivity index (χ3n) is 4.37. The van der Waals surface area contributed by atoms with Gasteiger partial charge in [0.05, 0.1) is 18.4 Å². The number of ether oxygens (including phenoxy) is 2. The number of carbonyl (C=O) groups excluding carboxylic acids is 1. The third kappa shape index (κ3) is 4.02. The Morgan fingerprint density at radius 1 is 1.13 bits per heavy atom. The molecule has 8 heteroatoms. The number of fused-ring (bicyclic) bond motifs is 1. The molecule has 0 aliphatic heterocycles. The topological polar surface area (TPSA) is 95.1 Å². The first-order chi connectivity index (χ1) is 14.5. The van der Waals surface area contributed by atoms with E-state index >= 15 is 0 Å². The van der Waals surface area contributed by atoms with Crippen LogP contribution in [0.25, 0.3) is 5.65 Å². The number of benzene rings is 2. The Hall–Kier alpha value is -4.07. The molecule has 0 fully saturated rings. The standard InChI is InChI=1S/C22H19N3O5/c1-14-11-20-23-16(12-21(26)25(20)30-14)13-29-17-9-7-15(8-10-17)24-22(27)18-5-3-4-6-19(18)28-2/h3-12H,13H2,1-2H3,(H,24,27). The van der Waals surface area contributed by atoms with Crippen LogP contribution in [-0.2, 0) is 6.61 Å². The van der Waals surface area contributed by atoms with Crippen LogP contribution >= 0.6 is 0 Å².